The number of rotatable bonds is 14. The standard InChI is InChI=1S/C29H43N3O2/c1-23(22-33)27(30)17-11-3-2-4-12-19-32-20-18-26(21-32)29(28(31)34,24-13-7-5-8-14-24)25-15-9-6-10-16-25/h5-10,13-16,23,26-27,33H,2-4,11-12,17-22,30H2,1H3,(H2,31,34)/t23?,26?,27-/m0/s1. The maximum absolute atomic E-state index is 13.2. The molecule has 3 rings (SSSR count). The van der Waals surface area contributed by atoms with E-state index in [0.29, 0.717) is 0 Å². The Bertz CT molecular complexity index is 819. The van der Waals surface area contributed by atoms with Crippen LogP contribution in [0, 0.1) is 11.8 Å². The number of aliphatic hydroxyl groups excluding tert-OH is 1. The normalized spacial score (nSPS) is 18.6. The van der Waals surface area contributed by atoms with Gasteiger partial charge in [-0.25, -0.2) is 0 Å². The van der Waals surface area contributed by atoms with Crippen LogP contribution in [0.1, 0.15) is 63.0 Å². The summed E-state index contributed by atoms with van der Waals surface area (Å²) < 4.78 is 0. The van der Waals surface area contributed by atoms with Gasteiger partial charge in [0.05, 0.1) is 0 Å². The molecule has 1 aliphatic heterocycles. The van der Waals surface area contributed by atoms with Gasteiger partial charge in [-0.15, -0.1) is 0 Å². The van der Waals surface area contributed by atoms with Crippen LogP contribution in [-0.4, -0.2) is 48.2 Å². The molecule has 3 atom stereocenters. The zero-order valence-corrected chi connectivity index (χ0v) is 20.7. The predicted octanol–water partition coefficient (Wildman–Crippen LogP) is 4.08. The van der Waals surface area contributed by atoms with Gasteiger partial charge in [-0.2, -0.15) is 0 Å². The maximum atomic E-state index is 13.2. The molecular formula is C29H43N3O2. The Morgan fingerprint density at radius 2 is 1.56 bits per heavy atom. The topological polar surface area (TPSA) is 92.6 Å². The van der Waals surface area contributed by atoms with Crippen LogP contribution < -0.4 is 11.5 Å². The van der Waals surface area contributed by atoms with Gasteiger partial charge in [0, 0.05) is 19.2 Å². The van der Waals surface area contributed by atoms with Gasteiger partial charge in [0.15, 0.2) is 0 Å². The van der Waals surface area contributed by atoms with E-state index in [1.54, 1.807) is 0 Å². The van der Waals surface area contributed by atoms with Crippen molar-refractivity contribution in [1.29, 1.82) is 0 Å². The summed E-state index contributed by atoms with van der Waals surface area (Å²) in [4.78, 5) is 15.7. The van der Waals surface area contributed by atoms with E-state index < -0.39 is 5.41 Å². The van der Waals surface area contributed by atoms with Crippen LogP contribution in [0.5, 0.6) is 0 Å². The van der Waals surface area contributed by atoms with Gasteiger partial charge < -0.3 is 21.5 Å². The highest BCUT2D eigenvalue weighted by molar-refractivity contribution is 5.91. The van der Waals surface area contributed by atoms with Crippen LogP contribution in [0.3, 0.4) is 0 Å². The summed E-state index contributed by atoms with van der Waals surface area (Å²) in [6.45, 7) is 5.14. The molecule has 2 aromatic rings. The Morgan fingerprint density at radius 3 is 2.12 bits per heavy atom. The van der Waals surface area contributed by atoms with E-state index in [4.69, 9.17) is 11.5 Å². The largest absolute Gasteiger partial charge is 0.396 e. The lowest BCUT2D eigenvalue weighted by molar-refractivity contribution is -0.123. The summed E-state index contributed by atoms with van der Waals surface area (Å²) in [5.41, 5.74) is 13.5. The van der Waals surface area contributed by atoms with Crippen LogP contribution in [-0.2, 0) is 10.2 Å². The zero-order valence-electron chi connectivity index (χ0n) is 20.7. The molecule has 1 amide bonds. The zero-order chi connectivity index (χ0) is 24.4. The number of likely N-dealkylation sites (tertiary alicyclic amines) is 1. The average molecular weight is 466 g/mol. The van der Waals surface area contributed by atoms with Gasteiger partial charge in [0.25, 0.3) is 0 Å². The Hall–Kier alpha value is -2.21. The molecule has 0 bridgehead atoms. The summed E-state index contributed by atoms with van der Waals surface area (Å²) in [5.74, 6) is 0.0812. The van der Waals surface area contributed by atoms with Gasteiger partial charge in [-0.1, -0.05) is 93.3 Å². The first-order valence-corrected chi connectivity index (χ1v) is 13.0. The first-order valence-electron chi connectivity index (χ1n) is 13.0. The van der Waals surface area contributed by atoms with Crippen molar-refractivity contribution < 1.29 is 9.90 Å². The Labute approximate surface area is 205 Å². The van der Waals surface area contributed by atoms with Crippen LogP contribution in [0.2, 0.25) is 0 Å². The van der Waals surface area contributed by atoms with Crippen LogP contribution >= 0.6 is 0 Å². The number of unbranched alkanes of at least 4 members (excludes halogenated alkanes) is 4. The van der Waals surface area contributed by atoms with Crippen molar-refractivity contribution in [3.8, 4) is 0 Å². The fourth-order valence-electron chi connectivity index (χ4n) is 5.58. The number of hydrogen-bond donors (Lipinski definition) is 3. The van der Waals surface area contributed by atoms with Crippen molar-refractivity contribution in [1.82, 2.24) is 4.90 Å². The van der Waals surface area contributed by atoms with E-state index >= 15 is 0 Å². The van der Waals surface area contributed by atoms with Crippen molar-refractivity contribution in [3.05, 3.63) is 71.8 Å². The highest BCUT2D eigenvalue weighted by atomic mass is 16.3. The summed E-state index contributed by atoms with van der Waals surface area (Å²) >= 11 is 0. The number of nitrogens with two attached hydrogens (primary N) is 2. The lowest BCUT2D eigenvalue weighted by Gasteiger charge is -2.37. The maximum Gasteiger partial charge on any atom is 0.232 e. The summed E-state index contributed by atoms with van der Waals surface area (Å²) in [6, 6.07) is 20.3. The van der Waals surface area contributed by atoms with Crippen LogP contribution in [0.4, 0.5) is 0 Å². The van der Waals surface area contributed by atoms with Gasteiger partial charge in [0.1, 0.15) is 5.41 Å². The number of aliphatic hydroxyl groups is 1. The van der Waals surface area contributed by atoms with E-state index in [1.807, 2.05) is 67.6 Å². The third kappa shape index (κ3) is 6.26. The molecule has 1 saturated heterocycles. The Kier molecular flexibility index (Phi) is 10.1. The predicted molar refractivity (Wildman–Crippen MR) is 139 cm³/mol. The number of carbonyl (C=O) groups is 1. The monoisotopic (exact) mass is 465 g/mol. The molecule has 5 nitrogen and oxygen atoms in total. The van der Waals surface area contributed by atoms with Crippen molar-refractivity contribution in [2.24, 2.45) is 23.3 Å². The van der Waals surface area contributed by atoms with Gasteiger partial charge in [-0.05, 0) is 55.3 Å². The third-order valence-electron chi connectivity index (χ3n) is 7.76. The molecule has 1 heterocycles. The molecule has 0 saturated carbocycles. The second-order valence-electron chi connectivity index (χ2n) is 10.1. The van der Waals surface area contributed by atoms with Gasteiger partial charge in [-0.3, -0.25) is 4.79 Å². The number of nitrogens with zero attached hydrogens (tertiary/aromatic N) is 1. The molecule has 2 aromatic carbocycles. The Balaban J connectivity index is 1.55. The molecule has 1 aliphatic rings. The minimum Gasteiger partial charge on any atom is -0.396 e. The highest BCUT2D eigenvalue weighted by Crippen LogP contribution is 2.43. The summed E-state index contributed by atoms with van der Waals surface area (Å²) in [7, 11) is 0. The summed E-state index contributed by atoms with van der Waals surface area (Å²) in [5, 5.41) is 9.20. The fourth-order valence-corrected chi connectivity index (χ4v) is 5.58. The molecule has 5 heteroatoms. The van der Waals surface area contributed by atoms with E-state index in [1.165, 1.54) is 25.7 Å². The number of primary amides is 1. The van der Waals surface area contributed by atoms with E-state index in [2.05, 4.69) is 4.90 Å². The molecular weight excluding hydrogens is 422 g/mol. The fraction of sp³-hybridized carbons (Fsp3) is 0.552. The molecule has 34 heavy (non-hydrogen) atoms. The van der Waals surface area contributed by atoms with E-state index in [9.17, 15) is 9.90 Å². The number of benzene rings is 2. The van der Waals surface area contributed by atoms with Crippen molar-refractivity contribution in [2.75, 3.05) is 26.2 Å². The minimum absolute atomic E-state index is 0.103. The molecule has 5 N–H and O–H groups in total. The SMILES string of the molecule is CC(CO)[C@@H](N)CCCCCCCN1CCC(C(C(N)=O)(c2ccccc2)c2ccccc2)C1. The molecule has 0 spiro atoms. The van der Waals surface area contributed by atoms with E-state index in [0.717, 1.165) is 50.0 Å². The molecule has 1 fully saturated rings. The quantitative estimate of drug-likeness (QED) is 0.367. The number of hydrogen-bond acceptors (Lipinski definition) is 4. The molecule has 2 unspecified atom stereocenters. The minimum atomic E-state index is -0.804. The van der Waals surface area contributed by atoms with Crippen molar-refractivity contribution in [2.45, 2.75) is 63.3 Å². The summed E-state index contributed by atoms with van der Waals surface area (Å²) in [6.07, 6.45) is 7.89. The Morgan fingerprint density at radius 1 is 1.00 bits per heavy atom. The lowest BCUT2D eigenvalue weighted by Crippen LogP contribution is -2.49. The molecule has 0 aromatic heterocycles. The smallest absolute Gasteiger partial charge is 0.232 e. The van der Waals surface area contributed by atoms with Crippen molar-refractivity contribution >= 4 is 5.91 Å². The lowest BCUT2D eigenvalue weighted by atomic mass is 9.64. The van der Waals surface area contributed by atoms with Crippen LogP contribution in [0.25, 0.3) is 0 Å². The second kappa shape index (κ2) is 13.0. The first kappa shape index (κ1) is 26.4. The van der Waals surface area contributed by atoms with Gasteiger partial charge in [0.2, 0.25) is 5.91 Å². The van der Waals surface area contributed by atoms with E-state index in [-0.39, 0.29) is 30.4 Å². The van der Waals surface area contributed by atoms with Crippen molar-refractivity contribution in [3.63, 3.8) is 0 Å². The molecule has 186 valence electrons. The molecule has 0 radical (unpaired) electrons. The second-order valence-corrected chi connectivity index (χ2v) is 10.1. The number of carbonyl (C=O) groups excluding carboxylic acids is 1. The number of amides is 1. The highest BCUT2D eigenvalue weighted by Gasteiger charge is 2.49. The van der Waals surface area contributed by atoms with Gasteiger partial charge >= 0.3 is 0 Å². The average Bonchev–Trinajstić information content (AvgIpc) is 3.33. The van der Waals surface area contributed by atoms with Crippen LogP contribution in [0.15, 0.2) is 60.7 Å². The molecule has 0 aliphatic carbocycles. The first-order chi connectivity index (χ1) is 16.5. The third-order valence-corrected chi connectivity index (χ3v) is 7.76.